The standard InChI is InChI=1S/C28H35N3O3.BrH/c32-26(30-25-12-6-9-17-29-25)21-31-18-13-22(14-19-31)24(20-31)34-27(33)28(15-7-1-2-8-16-28)23-10-4-3-5-11-23;/h3-6,9-12,17,22,24H,1-2,7-8,13-16,18-21H2;1H/t22?,24-,31?;/m0./s1. The van der Waals surface area contributed by atoms with Crippen molar-refractivity contribution in [1.29, 1.82) is 0 Å². The minimum Gasteiger partial charge on any atom is -1.00 e. The van der Waals surface area contributed by atoms with E-state index in [1.165, 1.54) is 12.8 Å². The van der Waals surface area contributed by atoms with Gasteiger partial charge in [-0.15, -0.1) is 0 Å². The van der Waals surface area contributed by atoms with Crippen LogP contribution in [0.4, 0.5) is 5.82 Å². The highest BCUT2D eigenvalue weighted by atomic mass is 79.9. The molecule has 1 aromatic carbocycles. The Bertz CT molecular complexity index is 985. The van der Waals surface area contributed by atoms with Crippen molar-refractivity contribution in [3.63, 3.8) is 0 Å². The molecular weight excluding hydrogens is 506 g/mol. The van der Waals surface area contributed by atoms with Gasteiger partial charge in [0, 0.05) is 25.0 Å². The summed E-state index contributed by atoms with van der Waals surface area (Å²) < 4.78 is 7.10. The van der Waals surface area contributed by atoms with Crippen LogP contribution in [0.15, 0.2) is 54.7 Å². The molecule has 1 N–H and O–H groups in total. The second-order valence-electron chi connectivity index (χ2n) is 10.5. The predicted molar refractivity (Wildman–Crippen MR) is 131 cm³/mol. The number of hydrogen-bond donors (Lipinski definition) is 1. The van der Waals surface area contributed by atoms with Crippen LogP contribution in [-0.4, -0.2) is 53.6 Å². The van der Waals surface area contributed by atoms with E-state index in [9.17, 15) is 9.59 Å². The summed E-state index contributed by atoms with van der Waals surface area (Å²) in [5.41, 5.74) is 0.562. The maximum atomic E-state index is 13.9. The second-order valence-corrected chi connectivity index (χ2v) is 10.5. The van der Waals surface area contributed by atoms with Gasteiger partial charge in [-0.3, -0.25) is 9.59 Å². The molecule has 2 aromatic rings. The molecule has 0 spiro atoms. The molecule has 7 heteroatoms. The van der Waals surface area contributed by atoms with Crippen molar-refractivity contribution in [2.45, 2.75) is 62.9 Å². The lowest BCUT2D eigenvalue weighted by Crippen LogP contribution is -3.00. The first-order chi connectivity index (χ1) is 16.6. The smallest absolute Gasteiger partial charge is 0.317 e. The van der Waals surface area contributed by atoms with Gasteiger partial charge in [0.25, 0.3) is 5.91 Å². The molecule has 3 saturated heterocycles. The number of ether oxygens (including phenoxy) is 1. The average molecular weight is 543 g/mol. The molecule has 35 heavy (non-hydrogen) atoms. The Morgan fingerprint density at radius 1 is 0.971 bits per heavy atom. The molecule has 2 bridgehead atoms. The molecule has 1 saturated carbocycles. The lowest BCUT2D eigenvalue weighted by Gasteiger charge is -2.52. The van der Waals surface area contributed by atoms with Crippen LogP contribution in [0.3, 0.4) is 0 Å². The van der Waals surface area contributed by atoms with Crippen molar-refractivity contribution in [2.24, 2.45) is 5.92 Å². The van der Waals surface area contributed by atoms with Crippen LogP contribution in [-0.2, 0) is 19.7 Å². The van der Waals surface area contributed by atoms with Crippen LogP contribution >= 0.6 is 0 Å². The Morgan fingerprint density at radius 3 is 2.31 bits per heavy atom. The molecule has 0 radical (unpaired) electrons. The van der Waals surface area contributed by atoms with Crippen molar-refractivity contribution >= 4 is 17.7 Å². The number of nitrogens with zero attached hydrogens (tertiary/aromatic N) is 2. The molecule has 6 nitrogen and oxygen atoms in total. The van der Waals surface area contributed by atoms with Crippen LogP contribution in [0.2, 0.25) is 0 Å². The van der Waals surface area contributed by atoms with Gasteiger partial charge in [-0.25, -0.2) is 4.98 Å². The third kappa shape index (κ3) is 5.61. The van der Waals surface area contributed by atoms with Crippen LogP contribution in [0.5, 0.6) is 0 Å². The largest absolute Gasteiger partial charge is 1.00 e. The maximum absolute atomic E-state index is 13.9. The number of rotatable bonds is 6. The van der Waals surface area contributed by atoms with E-state index in [0.717, 1.165) is 63.7 Å². The van der Waals surface area contributed by atoms with Gasteiger partial charge in [-0.2, -0.15) is 0 Å². The zero-order valence-corrected chi connectivity index (χ0v) is 21.9. The third-order valence-corrected chi connectivity index (χ3v) is 8.39. The van der Waals surface area contributed by atoms with E-state index < -0.39 is 5.41 Å². The van der Waals surface area contributed by atoms with Gasteiger partial charge in [0.05, 0.1) is 18.5 Å². The minimum atomic E-state index is -0.537. The number of aromatic nitrogens is 1. The van der Waals surface area contributed by atoms with Crippen molar-refractivity contribution in [3.05, 3.63) is 60.3 Å². The predicted octanol–water partition coefficient (Wildman–Crippen LogP) is 1.47. The molecule has 0 unspecified atom stereocenters. The summed E-state index contributed by atoms with van der Waals surface area (Å²) >= 11 is 0. The number of amides is 1. The number of hydrogen-bond acceptors (Lipinski definition) is 4. The molecule has 1 atom stereocenters. The highest BCUT2D eigenvalue weighted by Crippen LogP contribution is 2.42. The Morgan fingerprint density at radius 2 is 1.66 bits per heavy atom. The zero-order chi connectivity index (χ0) is 23.4. The summed E-state index contributed by atoms with van der Waals surface area (Å²) in [6, 6.07) is 15.8. The van der Waals surface area contributed by atoms with Crippen LogP contribution in [0.1, 0.15) is 56.9 Å². The highest BCUT2D eigenvalue weighted by molar-refractivity contribution is 5.90. The quantitative estimate of drug-likeness (QED) is 0.341. The molecular formula is C28H36BrN3O3. The monoisotopic (exact) mass is 541 g/mol. The topological polar surface area (TPSA) is 68.3 Å². The van der Waals surface area contributed by atoms with E-state index in [1.54, 1.807) is 12.3 Å². The number of halogens is 1. The molecule has 4 aliphatic rings. The van der Waals surface area contributed by atoms with Crippen molar-refractivity contribution in [2.75, 3.05) is 31.5 Å². The van der Waals surface area contributed by atoms with Crippen LogP contribution in [0.25, 0.3) is 0 Å². The van der Waals surface area contributed by atoms with Crippen molar-refractivity contribution in [3.8, 4) is 0 Å². The number of fused-ring (bicyclic) bond motifs is 3. The summed E-state index contributed by atoms with van der Waals surface area (Å²) in [7, 11) is 0. The lowest BCUT2D eigenvalue weighted by atomic mass is 9.74. The molecule has 6 rings (SSSR count). The second kappa shape index (κ2) is 11.2. The molecule has 1 aliphatic carbocycles. The summed E-state index contributed by atoms with van der Waals surface area (Å²) in [4.78, 5) is 30.9. The van der Waals surface area contributed by atoms with Gasteiger partial charge < -0.3 is 31.5 Å². The van der Waals surface area contributed by atoms with Gasteiger partial charge >= 0.3 is 5.97 Å². The Kier molecular flexibility index (Phi) is 8.27. The molecule has 4 fully saturated rings. The molecule has 4 heterocycles. The summed E-state index contributed by atoms with van der Waals surface area (Å²) in [5.74, 6) is 0.921. The highest BCUT2D eigenvalue weighted by Gasteiger charge is 2.51. The van der Waals surface area contributed by atoms with Crippen molar-refractivity contribution in [1.82, 2.24) is 4.98 Å². The number of quaternary nitrogens is 1. The Hall–Kier alpha value is -2.25. The van der Waals surface area contributed by atoms with Gasteiger partial charge in [-0.1, -0.05) is 62.1 Å². The van der Waals surface area contributed by atoms with E-state index in [1.807, 2.05) is 30.3 Å². The van der Waals surface area contributed by atoms with Crippen LogP contribution in [0, 0.1) is 5.92 Å². The minimum absolute atomic E-state index is 0. The van der Waals surface area contributed by atoms with E-state index in [4.69, 9.17) is 4.74 Å². The summed E-state index contributed by atoms with van der Waals surface area (Å²) in [6.45, 7) is 3.08. The molecule has 188 valence electrons. The number of benzene rings is 1. The first-order valence-electron chi connectivity index (χ1n) is 12.9. The lowest BCUT2D eigenvalue weighted by molar-refractivity contribution is -0.939. The van der Waals surface area contributed by atoms with Gasteiger partial charge in [0.1, 0.15) is 12.4 Å². The molecule has 1 aromatic heterocycles. The van der Waals surface area contributed by atoms with Gasteiger partial charge in [0.15, 0.2) is 12.6 Å². The summed E-state index contributed by atoms with van der Waals surface area (Å²) in [5, 5.41) is 2.93. The van der Waals surface area contributed by atoms with Crippen molar-refractivity contribution < 1.29 is 35.8 Å². The Labute approximate surface area is 218 Å². The number of piperidine rings is 3. The molecule has 3 aliphatic heterocycles. The fourth-order valence-electron chi connectivity index (χ4n) is 6.45. The fraction of sp³-hybridized carbons (Fsp3) is 0.536. The SMILES string of the molecule is O=C(C[N+]12CCC(CC1)[C@@H](OC(=O)C1(c3ccccc3)CCCCCC1)C2)Nc1ccccn1.[Br-]. The Balaban J connectivity index is 0.00000289. The number of anilines is 1. The maximum Gasteiger partial charge on any atom is 0.317 e. The number of carbonyl (C=O) groups excluding carboxylic acids is 2. The third-order valence-electron chi connectivity index (χ3n) is 8.39. The van der Waals surface area contributed by atoms with Gasteiger partial charge in [-0.05, 0) is 30.5 Å². The van der Waals surface area contributed by atoms with Gasteiger partial charge in [0.2, 0.25) is 0 Å². The van der Waals surface area contributed by atoms with E-state index in [-0.39, 0.29) is 35.0 Å². The van der Waals surface area contributed by atoms with Crippen LogP contribution < -0.4 is 22.3 Å². The number of pyridine rings is 1. The fourth-order valence-corrected chi connectivity index (χ4v) is 6.45. The zero-order valence-electron chi connectivity index (χ0n) is 20.3. The number of esters is 1. The summed E-state index contributed by atoms with van der Waals surface area (Å²) in [6.07, 6.45) is 9.79. The van der Waals surface area contributed by atoms with E-state index >= 15 is 0 Å². The number of carbonyl (C=O) groups is 2. The van der Waals surface area contributed by atoms with E-state index in [0.29, 0.717) is 22.8 Å². The number of nitrogens with one attached hydrogen (secondary N) is 1. The normalized spacial score (nSPS) is 27.2. The van der Waals surface area contributed by atoms with E-state index in [2.05, 4.69) is 22.4 Å². The molecule has 1 amide bonds. The average Bonchev–Trinajstić information content (AvgIpc) is 3.13. The first-order valence-corrected chi connectivity index (χ1v) is 12.9. The first kappa shape index (κ1) is 25.8.